The maximum Gasteiger partial charge on any atom is 0.573 e. The molecule has 0 saturated carbocycles. The monoisotopic (exact) mass is 361 g/mol. The van der Waals surface area contributed by atoms with Gasteiger partial charge in [-0.15, -0.1) is 13.2 Å². The first-order valence-corrected chi connectivity index (χ1v) is 6.76. The van der Waals surface area contributed by atoms with E-state index in [1.54, 1.807) is 24.5 Å². The largest absolute Gasteiger partial charge is 0.573 e. The molecule has 21 heavy (non-hydrogen) atoms. The molecule has 7 heteroatoms. The summed E-state index contributed by atoms with van der Waals surface area (Å²) in [5, 5.41) is 10.1. The van der Waals surface area contributed by atoms with Gasteiger partial charge < -0.3 is 9.84 Å². The van der Waals surface area contributed by atoms with Gasteiger partial charge in [0.1, 0.15) is 5.75 Å². The molecule has 0 amide bonds. The van der Waals surface area contributed by atoms with Crippen LogP contribution in [0.3, 0.4) is 0 Å². The highest BCUT2D eigenvalue weighted by atomic mass is 79.9. The molecule has 0 radical (unpaired) electrons. The zero-order valence-electron chi connectivity index (χ0n) is 10.6. The fraction of sp³-hybridized carbons (Fsp3) is 0.214. The summed E-state index contributed by atoms with van der Waals surface area (Å²) < 4.78 is 41.1. The predicted octanol–water partition coefficient (Wildman–Crippen LogP) is 4.02. The first-order valence-electron chi connectivity index (χ1n) is 5.97. The van der Waals surface area contributed by atoms with Crippen molar-refractivity contribution in [1.29, 1.82) is 0 Å². The lowest BCUT2D eigenvalue weighted by Gasteiger charge is -2.14. The van der Waals surface area contributed by atoms with Gasteiger partial charge in [-0.1, -0.05) is 12.1 Å². The maximum absolute atomic E-state index is 12.2. The second kappa shape index (κ2) is 6.44. The van der Waals surface area contributed by atoms with Crippen LogP contribution in [0.5, 0.6) is 5.75 Å². The molecule has 0 aliphatic carbocycles. The lowest BCUT2D eigenvalue weighted by molar-refractivity contribution is -0.274. The van der Waals surface area contributed by atoms with E-state index >= 15 is 0 Å². The van der Waals surface area contributed by atoms with Crippen molar-refractivity contribution in [2.45, 2.75) is 18.9 Å². The molecule has 0 aliphatic rings. The van der Waals surface area contributed by atoms with Crippen molar-refractivity contribution in [2.75, 3.05) is 0 Å². The number of benzene rings is 1. The van der Waals surface area contributed by atoms with Crippen molar-refractivity contribution < 1.29 is 23.0 Å². The van der Waals surface area contributed by atoms with Gasteiger partial charge in [-0.3, -0.25) is 4.98 Å². The van der Waals surface area contributed by atoms with Crippen molar-refractivity contribution in [2.24, 2.45) is 0 Å². The molecule has 1 heterocycles. The van der Waals surface area contributed by atoms with Gasteiger partial charge >= 0.3 is 6.36 Å². The highest BCUT2D eigenvalue weighted by Gasteiger charge is 2.31. The Hall–Kier alpha value is -1.60. The molecule has 1 unspecified atom stereocenters. The number of aliphatic hydroxyl groups is 1. The number of pyridine rings is 1. The molecular weight excluding hydrogens is 351 g/mol. The molecule has 1 aromatic heterocycles. The van der Waals surface area contributed by atoms with Crippen LogP contribution in [-0.4, -0.2) is 16.5 Å². The Labute approximate surface area is 127 Å². The minimum atomic E-state index is -4.75. The highest BCUT2D eigenvalue weighted by molar-refractivity contribution is 9.10. The van der Waals surface area contributed by atoms with E-state index in [1.807, 2.05) is 0 Å². The molecule has 0 spiro atoms. The molecule has 1 aromatic carbocycles. The van der Waals surface area contributed by atoms with Crippen LogP contribution in [0, 0.1) is 0 Å². The summed E-state index contributed by atoms with van der Waals surface area (Å²) in [4.78, 5) is 3.97. The van der Waals surface area contributed by atoms with Crippen LogP contribution in [0.4, 0.5) is 13.2 Å². The topological polar surface area (TPSA) is 42.4 Å². The van der Waals surface area contributed by atoms with Gasteiger partial charge in [0.25, 0.3) is 0 Å². The Morgan fingerprint density at radius 2 is 2.00 bits per heavy atom. The SMILES string of the molecule is OC(Cc1cncc(Br)c1)c1cccc(OC(F)(F)F)c1. The number of alkyl halides is 3. The highest BCUT2D eigenvalue weighted by Crippen LogP contribution is 2.27. The van der Waals surface area contributed by atoms with Crippen LogP contribution in [0.1, 0.15) is 17.2 Å². The van der Waals surface area contributed by atoms with Crippen LogP contribution >= 0.6 is 15.9 Å². The Kier molecular flexibility index (Phi) is 4.84. The summed E-state index contributed by atoms with van der Waals surface area (Å²) in [6.07, 6.45) is -2.27. The number of aromatic nitrogens is 1. The van der Waals surface area contributed by atoms with E-state index in [-0.39, 0.29) is 12.2 Å². The average Bonchev–Trinajstić information content (AvgIpc) is 2.37. The van der Waals surface area contributed by atoms with Gasteiger partial charge in [0.05, 0.1) is 6.10 Å². The Balaban J connectivity index is 2.12. The van der Waals surface area contributed by atoms with Crippen LogP contribution in [0.15, 0.2) is 47.2 Å². The van der Waals surface area contributed by atoms with E-state index in [0.717, 1.165) is 10.0 Å². The summed E-state index contributed by atoms with van der Waals surface area (Å²) in [6, 6.07) is 7.08. The van der Waals surface area contributed by atoms with Crippen molar-refractivity contribution in [1.82, 2.24) is 4.98 Å². The van der Waals surface area contributed by atoms with E-state index in [9.17, 15) is 18.3 Å². The van der Waals surface area contributed by atoms with Gasteiger partial charge in [0.2, 0.25) is 0 Å². The minimum absolute atomic E-state index is 0.238. The second-order valence-electron chi connectivity index (χ2n) is 4.35. The third-order valence-corrected chi connectivity index (χ3v) is 3.10. The van der Waals surface area contributed by atoms with E-state index in [1.165, 1.54) is 18.2 Å². The smallest absolute Gasteiger partial charge is 0.406 e. The van der Waals surface area contributed by atoms with E-state index in [4.69, 9.17) is 0 Å². The first-order chi connectivity index (χ1) is 9.83. The third-order valence-electron chi connectivity index (χ3n) is 2.67. The van der Waals surface area contributed by atoms with E-state index in [0.29, 0.717) is 5.56 Å². The van der Waals surface area contributed by atoms with Gasteiger partial charge in [0.15, 0.2) is 0 Å². The van der Waals surface area contributed by atoms with Crippen LogP contribution in [0.25, 0.3) is 0 Å². The summed E-state index contributed by atoms with van der Waals surface area (Å²) in [7, 11) is 0. The predicted molar refractivity (Wildman–Crippen MR) is 73.7 cm³/mol. The molecule has 112 valence electrons. The summed E-state index contributed by atoms with van der Waals surface area (Å²) >= 11 is 3.26. The number of hydrogen-bond donors (Lipinski definition) is 1. The number of nitrogens with zero attached hydrogens (tertiary/aromatic N) is 1. The lowest BCUT2D eigenvalue weighted by Crippen LogP contribution is -2.17. The quantitative estimate of drug-likeness (QED) is 0.894. The molecular formula is C14H11BrF3NO2. The van der Waals surface area contributed by atoms with Crippen molar-refractivity contribution in [3.63, 3.8) is 0 Å². The number of rotatable bonds is 4. The summed E-state index contributed by atoms with van der Waals surface area (Å²) in [6.45, 7) is 0. The second-order valence-corrected chi connectivity index (χ2v) is 5.27. The Bertz CT molecular complexity index is 619. The third kappa shape index (κ3) is 5.02. The van der Waals surface area contributed by atoms with Crippen LogP contribution in [-0.2, 0) is 6.42 Å². The van der Waals surface area contributed by atoms with E-state index < -0.39 is 12.5 Å². The van der Waals surface area contributed by atoms with Gasteiger partial charge in [-0.25, -0.2) is 0 Å². The zero-order chi connectivity index (χ0) is 15.5. The maximum atomic E-state index is 12.2. The Morgan fingerprint density at radius 3 is 2.67 bits per heavy atom. The molecule has 2 aromatic rings. The fourth-order valence-electron chi connectivity index (χ4n) is 1.83. The molecule has 0 fully saturated rings. The molecule has 0 saturated heterocycles. The molecule has 0 bridgehead atoms. The van der Waals surface area contributed by atoms with Crippen molar-refractivity contribution >= 4 is 15.9 Å². The molecule has 1 atom stereocenters. The number of ether oxygens (including phenoxy) is 1. The molecule has 3 nitrogen and oxygen atoms in total. The van der Waals surface area contributed by atoms with Crippen LogP contribution in [0.2, 0.25) is 0 Å². The lowest BCUT2D eigenvalue weighted by atomic mass is 10.0. The summed E-state index contributed by atoms with van der Waals surface area (Å²) in [5.74, 6) is -0.355. The zero-order valence-corrected chi connectivity index (χ0v) is 12.2. The van der Waals surface area contributed by atoms with Crippen LogP contribution < -0.4 is 4.74 Å². The number of hydrogen-bond acceptors (Lipinski definition) is 3. The molecule has 1 N–H and O–H groups in total. The normalized spacial score (nSPS) is 13.0. The minimum Gasteiger partial charge on any atom is -0.406 e. The number of halogens is 4. The molecule has 2 rings (SSSR count). The van der Waals surface area contributed by atoms with Crippen molar-refractivity contribution in [3.05, 3.63) is 58.3 Å². The van der Waals surface area contributed by atoms with Gasteiger partial charge in [0, 0.05) is 23.3 Å². The van der Waals surface area contributed by atoms with Crippen molar-refractivity contribution in [3.8, 4) is 5.75 Å². The first kappa shape index (κ1) is 15.8. The van der Waals surface area contributed by atoms with Gasteiger partial charge in [-0.2, -0.15) is 0 Å². The average molecular weight is 362 g/mol. The Morgan fingerprint density at radius 1 is 1.24 bits per heavy atom. The fourth-order valence-corrected chi connectivity index (χ4v) is 2.24. The van der Waals surface area contributed by atoms with Gasteiger partial charge in [-0.05, 0) is 45.3 Å². The van der Waals surface area contributed by atoms with E-state index in [2.05, 4.69) is 25.7 Å². The molecule has 0 aliphatic heterocycles. The summed E-state index contributed by atoms with van der Waals surface area (Å²) in [5.41, 5.74) is 1.11. The number of aliphatic hydroxyl groups excluding tert-OH is 1. The standard InChI is InChI=1S/C14H11BrF3NO2/c15-11-4-9(7-19-8-11)5-13(20)10-2-1-3-12(6-10)21-14(16,17)18/h1-4,6-8,13,20H,5H2.